The Morgan fingerprint density at radius 2 is 1.70 bits per heavy atom. The third-order valence-electron chi connectivity index (χ3n) is 2.02. The van der Waals surface area contributed by atoms with E-state index in [9.17, 15) is 26.7 Å². The Kier molecular flexibility index (Phi) is 4.69. The summed E-state index contributed by atoms with van der Waals surface area (Å²) in [6.07, 6.45) is -8.37. The molecule has 0 aliphatic heterocycles. The molecule has 3 nitrogen and oxygen atoms in total. The highest BCUT2D eigenvalue weighted by atomic mass is 19.4. The number of alkyl halides is 5. The lowest BCUT2D eigenvalue weighted by molar-refractivity contribution is -0.360. The van der Waals surface area contributed by atoms with Crippen LogP contribution < -0.4 is 10.1 Å². The van der Waals surface area contributed by atoms with Crippen LogP contribution in [0.2, 0.25) is 0 Å². The molecule has 0 saturated carbocycles. The quantitative estimate of drug-likeness (QED) is 0.679. The number of hydrogen-bond acceptors (Lipinski definition) is 2. The van der Waals surface area contributed by atoms with Gasteiger partial charge in [0.15, 0.2) is 0 Å². The van der Waals surface area contributed by atoms with Gasteiger partial charge in [-0.3, -0.25) is 4.79 Å². The summed E-state index contributed by atoms with van der Waals surface area (Å²) in [6, 6.07) is 4.07. The van der Waals surface area contributed by atoms with Gasteiger partial charge < -0.3 is 10.1 Å². The van der Waals surface area contributed by atoms with Gasteiger partial charge in [0.2, 0.25) is 5.91 Å². The number of carbonyl (C=O) groups is 1. The number of halogens is 5. The van der Waals surface area contributed by atoms with Crippen molar-refractivity contribution in [1.82, 2.24) is 0 Å². The molecule has 8 heteroatoms. The predicted octanol–water partition coefficient (Wildman–Crippen LogP) is 3.74. The molecule has 0 unspecified atom stereocenters. The van der Waals surface area contributed by atoms with Gasteiger partial charge in [0.05, 0.1) is 0 Å². The minimum atomic E-state index is -5.80. The summed E-state index contributed by atoms with van der Waals surface area (Å²) < 4.78 is 64.5. The second-order valence-electron chi connectivity index (χ2n) is 3.63. The lowest BCUT2D eigenvalue weighted by atomic mass is 10.3. The summed E-state index contributed by atoms with van der Waals surface area (Å²) in [6.45, 7) is 1.62. The normalized spacial score (nSPS) is 12.5. The molecule has 0 spiro atoms. The van der Waals surface area contributed by atoms with E-state index in [1.807, 2.05) is 0 Å². The first kappa shape index (κ1) is 15.9. The van der Waals surface area contributed by atoms with Crippen LogP contribution in [0.1, 0.15) is 6.92 Å². The van der Waals surface area contributed by atoms with Crippen molar-refractivity contribution in [3.8, 4) is 5.75 Å². The van der Waals surface area contributed by atoms with Crippen molar-refractivity contribution in [2.75, 3.05) is 5.32 Å². The first-order chi connectivity index (χ1) is 9.15. The van der Waals surface area contributed by atoms with Gasteiger partial charge in [-0.1, -0.05) is 6.08 Å². The first-order valence-corrected chi connectivity index (χ1v) is 5.33. The SMILES string of the molecule is C/C=C/C(=O)Nc1ccc(OC(F)(F)C(F)(F)F)cc1. The van der Waals surface area contributed by atoms with Crippen LogP contribution in [0.4, 0.5) is 27.6 Å². The summed E-state index contributed by atoms with van der Waals surface area (Å²) in [5.74, 6) is -1.13. The third kappa shape index (κ3) is 4.22. The number of carbonyl (C=O) groups excluding carboxylic acids is 1. The fourth-order valence-corrected chi connectivity index (χ4v) is 1.15. The van der Waals surface area contributed by atoms with E-state index in [1.54, 1.807) is 6.92 Å². The van der Waals surface area contributed by atoms with E-state index in [-0.39, 0.29) is 5.69 Å². The molecule has 1 N–H and O–H groups in total. The smallest absolute Gasteiger partial charge is 0.426 e. The molecule has 0 fully saturated rings. The summed E-state index contributed by atoms with van der Waals surface area (Å²) in [5.41, 5.74) is 0.232. The van der Waals surface area contributed by atoms with Crippen LogP contribution in [0.15, 0.2) is 36.4 Å². The van der Waals surface area contributed by atoms with E-state index in [1.165, 1.54) is 12.2 Å². The molecule has 0 bridgehead atoms. The van der Waals surface area contributed by atoms with Crippen LogP contribution in [0.5, 0.6) is 5.75 Å². The van der Waals surface area contributed by atoms with Crippen LogP contribution in [-0.4, -0.2) is 18.2 Å². The molecule has 0 aliphatic rings. The molecular weight excluding hydrogens is 285 g/mol. The Balaban J connectivity index is 2.75. The average molecular weight is 295 g/mol. The summed E-state index contributed by atoms with van der Waals surface area (Å²) in [5, 5.41) is 2.37. The molecule has 110 valence electrons. The summed E-state index contributed by atoms with van der Waals surface area (Å²) in [7, 11) is 0. The molecule has 1 rings (SSSR count). The third-order valence-corrected chi connectivity index (χ3v) is 2.02. The topological polar surface area (TPSA) is 38.3 Å². The van der Waals surface area contributed by atoms with Crippen LogP contribution in [0, 0.1) is 0 Å². The van der Waals surface area contributed by atoms with Gasteiger partial charge in [0.1, 0.15) is 5.75 Å². The molecule has 1 aromatic rings. The highest BCUT2D eigenvalue weighted by molar-refractivity contribution is 5.99. The number of rotatable bonds is 4. The zero-order chi connectivity index (χ0) is 15.4. The van der Waals surface area contributed by atoms with Crippen molar-refractivity contribution in [2.45, 2.75) is 19.2 Å². The van der Waals surface area contributed by atoms with Gasteiger partial charge in [-0.2, -0.15) is 22.0 Å². The molecule has 0 aromatic heterocycles. The highest BCUT2D eigenvalue weighted by Crippen LogP contribution is 2.37. The fourth-order valence-electron chi connectivity index (χ4n) is 1.15. The standard InChI is InChI=1S/C12H10F5NO2/c1-2-3-10(19)18-8-4-6-9(7-5-8)20-12(16,17)11(13,14)15/h2-7H,1H3,(H,18,19)/b3-2+. The Morgan fingerprint density at radius 3 is 2.15 bits per heavy atom. The largest absolute Gasteiger partial charge is 0.499 e. The molecule has 0 saturated heterocycles. The van der Waals surface area contributed by atoms with Gasteiger partial charge in [0.25, 0.3) is 0 Å². The zero-order valence-corrected chi connectivity index (χ0v) is 10.2. The van der Waals surface area contributed by atoms with Crippen LogP contribution in [-0.2, 0) is 4.79 Å². The van der Waals surface area contributed by atoms with E-state index in [0.29, 0.717) is 0 Å². The Morgan fingerprint density at radius 1 is 1.15 bits per heavy atom. The molecule has 20 heavy (non-hydrogen) atoms. The van der Waals surface area contributed by atoms with Gasteiger partial charge in [-0.25, -0.2) is 0 Å². The molecule has 0 heterocycles. The minimum Gasteiger partial charge on any atom is -0.426 e. The number of allylic oxidation sites excluding steroid dienone is 1. The maximum absolute atomic E-state index is 12.6. The Labute approximate surface area is 111 Å². The van der Waals surface area contributed by atoms with E-state index in [4.69, 9.17) is 0 Å². The van der Waals surface area contributed by atoms with Gasteiger partial charge in [-0.15, -0.1) is 0 Å². The monoisotopic (exact) mass is 295 g/mol. The van der Waals surface area contributed by atoms with Crippen LogP contribution in [0.3, 0.4) is 0 Å². The van der Waals surface area contributed by atoms with Crippen molar-refractivity contribution in [2.24, 2.45) is 0 Å². The van der Waals surface area contributed by atoms with Gasteiger partial charge in [-0.05, 0) is 37.3 Å². The lowest BCUT2D eigenvalue weighted by Crippen LogP contribution is -2.41. The molecule has 0 atom stereocenters. The second kappa shape index (κ2) is 5.89. The number of ether oxygens (including phenoxy) is 1. The predicted molar refractivity (Wildman–Crippen MR) is 61.5 cm³/mol. The van der Waals surface area contributed by atoms with E-state index >= 15 is 0 Å². The highest BCUT2D eigenvalue weighted by Gasteiger charge is 2.61. The number of hydrogen-bond donors (Lipinski definition) is 1. The first-order valence-electron chi connectivity index (χ1n) is 5.33. The number of anilines is 1. The van der Waals surface area contributed by atoms with Crippen molar-refractivity contribution in [3.05, 3.63) is 36.4 Å². The Hall–Kier alpha value is -2.12. The number of benzene rings is 1. The Bertz CT molecular complexity index is 494. The number of amides is 1. The maximum Gasteiger partial charge on any atom is 0.499 e. The van der Waals surface area contributed by atoms with Crippen LogP contribution in [0.25, 0.3) is 0 Å². The molecule has 0 aliphatic carbocycles. The summed E-state index contributed by atoms with van der Waals surface area (Å²) >= 11 is 0. The minimum absolute atomic E-state index is 0.232. The lowest BCUT2D eigenvalue weighted by Gasteiger charge is -2.20. The van der Waals surface area contributed by atoms with E-state index in [2.05, 4.69) is 10.1 Å². The molecule has 1 aromatic carbocycles. The van der Waals surface area contributed by atoms with E-state index in [0.717, 1.165) is 24.3 Å². The molecule has 0 radical (unpaired) electrons. The molecular formula is C12H10F5NO2. The average Bonchev–Trinajstić information content (AvgIpc) is 2.30. The van der Waals surface area contributed by atoms with Crippen LogP contribution >= 0.6 is 0 Å². The maximum atomic E-state index is 12.6. The summed E-state index contributed by atoms with van der Waals surface area (Å²) in [4.78, 5) is 11.2. The fraction of sp³-hybridized carbons (Fsp3) is 0.250. The van der Waals surface area contributed by atoms with E-state index < -0.39 is 23.9 Å². The molecule has 1 amide bonds. The number of nitrogens with one attached hydrogen (secondary N) is 1. The van der Waals surface area contributed by atoms with Gasteiger partial charge >= 0.3 is 12.3 Å². The zero-order valence-electron chi connectivity index (χ0n) is 10.2. The van der Waals surface area contributed by atoms with Crippen molar-refractivity contribution >= 4 is 11.6 Å². The van der Waals surface area contributed by atoms with Crippen molar-refractivity contribution < 1.29 is 31.5 Å². The van der Waals surface area contributed by atoms with Gasteiger partial charge in [0, 0.05) is 5.69 Å². The van der Waals surface area contributed by atoms with Crippen molar-refractivity contribution in [1.29, 1.82) is 0 Å². The second-order valence-corrected chi connectivity index (χ2v) is 3.63. The van der Waals surface area contributed by atoms with Crippen molar-refractivity contribution in [3.63, 3.8) is 0 Å².